The molecule has 0 unspecified atom stereocenters. The van der Waals surface area contributed by atoms with Gasteiger partial charge in [0, 0.05) is 12.1 Å². The Bertz CT molecular complexity index is 598. The van der Waals surface area contributed by atoms with Gasteiger partial charge in [-0.1, -0.05) is 6.07 Å². The Morgan fingerprint density at radius 2 is 2.21 bits per heavy atom. The van der Waals surface area contributed by atoms with Gasteiger partial charge in [0.2, 0.25) is 5.91 Å². The number of aryl methyl sites for hydroxylation is 1. The molecule has 1 saturated heterocycles. The number of halogens is 1. The smallest absolute Gasteiger partial charge is 0.224 e. The number of amides is 1. The molecule has 1 aliphatic heterocycles. The van der Waals surface area contributed by atoms with Crippen molar-refractivity contribution in [1.29, 1.82) is 0 Å². The second kappa shape index (κ2) is 5.28. The van der Waals surface area contributed by atoms with Gasteiger partial charge in [-0.05, 0) is 37.0 Å². The quantitative estimate of drug-likeness (QED) is 0.922. The highest BCUT2D eigenvalue weighted by Crippen LogP contribution is 2.22. The van der Waals surface area contributed by atoms with Gasteiger partial charge in [-0.2, -0.15) is 0 Å². The Morgan fingerprint density at radius 1 is 1.47 bits per heavy atom. The highest BCUT2D eigenvalue weighted by Gasteiger charge is 2.29. The zero-order valence-electron chi connectivity index (χ0n) is 10.6. The maximum absolute atomic E-state index is 13.3. The van der Waals surface area contributed by atoms with Gasteiger partial charge < -0.3 is 5.32 Å². The van der Waals surface area contributed by atoms with Crippen molar-refractivity contribution in [3.05, 3.63) is 29.6 Å². The molecule has 0 spiro atoms. The predicted molar refractivity (Wildman–Crippen MR) is 71.1 cm³/mol. The first-order valence-electron chi connectivity index (χ1n) is 6.12. The first kappa shape index (κ1) is 14.0. The van der Waals surface area contributed by atoms with Crippen LogP contribution in [0, 0.1) is 18.7 Å². The number of anilines is 1. The first-order chi connectivity index (χ1) is 8.85. The molecule has 19 heavy (non-hydrogen) atoms. The van der Waals surface area contributed by atoms with Gasteiger partial charge in [-0.3, -0.25) is 4.79 Å². The second-order valence-corrected chi connectivity index (χ2v) is 7.21. The third kappa shape index (κ3) is 3.76. The molecule has 4 nitrogen and oxygen atoms in total. The fraction of sp³-hybridized carbons (Fsp3) is 0.462. The monoisotopic (exact) mass is 285 g/mol. The molecular weight excluding hydrogens is 269 g/mol. The van der Waals surface area contributed by atoms with Crippen molar-refractivity contribution in [2.24, 2.45) is 5.92 Å². The number of nitrogens with one attached hydrogen (secondary N) is 1. The Hall–Kier alpha value is -1.43. The van der Waals surface area contributed by atoms with Crippen LogP contribution in [0.4, 0.5) is 10.1 Å². The van der Waals surface area contributed by atoms with Crippen LogP contribution >= 0.6 is 0 Å². The SMILES string of the molecule is Cc1ccc(NC(=O)C[C@H]2CCS(=O)(=O)C2)cc1F. The summed E-state index contributed by atoms with van der Waals surface area (Å²) < 4.78 is 35.9. The van der Waals surface area contributed by atoms with E-state index in [4.69, 9.17) is 0 Å². The Labute approximate surface area is 111 Å². The number of hydrogen-bond donors (Lipinski definition) is 1. The van der Waals surface area contributed by atoms with Crippen molar-refractivity contribution in [3.63, 3.8) is 0 Å². The molecule has 1 aliphatic rings. The molecule has 6 heteroatoms. The van der Waals surface area contributed by atoms with Crippen LogP contribution in [0.25, 0.3) is 0 Å². The van der Waals surface area contributed by atoms with E-state index in [0.29, 0.717) is 17.7 Å². The van der Waals surface area contributed by atoms with Gasteiger partial charge in [0.1, 0.15) is 5.82 Å². The van der Waals surface area contributed by atoms with E-state index in [2.05, 4.69) is 5.32 Å². The van der Waals surface area contributed by atoms with Gasteiger partial charge in [0.05, 0.1) is 11.5 Å². The minimum atomic E-state index is -2.97. The summed E-state index contributed by atoms with van der Waals surface area (Å²) in [4.78, 5) is 11.7. The van der Waals surface area contributed by atoms with E-state index < -0.39 is 9.84 Å². The Morgan fingerprint density at radius 3 is 2.79 bits per heavy atom. The molecule has 0 saturated carbocycles. The highest BCUT2D eigenvalue weighted by atomic mass is 32.2. The highest BCUT2D eigenvalue weighted by molar-refractivity contribution is 7.91. The summed E-state index contributed by atoms with van der Waals surface area (Å²) in [5, 5.41) is 2.59. The molecule has 0 aliphatic carbocycles. The van der Waals surface area contributed by atoms with E-state index in [-0.39, 0.29) is 35.6 Å². The lowest BCUT2D eigenvalue weighted by molar-refractivity contribution is -0.116. The molecular formula is C13H16FNO3S. The average molecular weight is 285 g/mol. The van der Waals surface area contributed by atoms with Crippen LogP contribution in [0.1, 0.15) is 18.4 Å². The van der Waals surface area contributed by atoms with Crippen molar-refractivity contribution in [2.75, 3.05) is 16.8 Å². The number of sulfone groups is 1. The lowest BCUT2D eigenvalue weighted by atomic mass is 10.0. The molecule has 2 rings (SSSR count). The van der Waals surface area contributed by atoms with E-state index in [1.807, 2.05) is 0 Å². The summed E-state index contributed by atoms with van der Waals surface area (Å²) in [6.45, 7) is 1.64. The maximum atomic E-state index is 13.3. The molecule has 0 aromatic heterocycles. The summed E-state index contributed by atoms with van der Waals surface area (Å²) in [5.74, 6) is -0.542. The first-order valence-corrected chi connectivity index (χ1v) is 7.94. The summed E-state index contributed by atoms with van der Waals surface area (Å²) in [5.41, 5.74) is 0.911. The minimum absolute atomic E-state index is 0.0721. The molecule has 0 radical (unpaired) electrons. The van der Waals surface area contributed by atoms with E-state index in [1.165, 1.54) is 6.07 Å². The fourth-order valence-corrected chi connectivity index (χ4v) is 4.04. The largest absolute Gasteiger partial charge is 0.326 e. The molecule has 1 amide bonds. The molecule has 1 N–H and O–H groups in total. The molecule has 1 atom stereocenters. The van der Waals surface area contributed by atoms with Gasteiger partial charge in [0.15, 0.2) is 9.84 Å². The Balaban J connectivity index is 1.93. The van der Waals surface area contributed by atoms with Gasteiger partial charge >= 0.3 is 0 Å². The summed E-state index contributed by atoms with van der Waals surface area (Å²) >= 11 is 0. The van der Waals surface area contributed by atoms with Gasteiger partial charge in [-0.15, -0.1) is 0 Å². The van der Waals surface area contributed by atoms with Crippen molar-refractivity contribution in [2.45, 2.75) is 19.8 Å². The number of carbonyl (C=O) groups excluding carboxylic acids is 1. The zero-order chi connectivity index (χ0) is 14.0. The molecule has 104 valence electrons. The van der Waals surface area contributed by atoms with E-state index in [9.17, 15) is 17.6 Å². The van der Waals surface area contributed by atoms with Crippen LogP contribution in [0.2, 0.25) is 0 Å². The lowest BCUT2D eigenvalue weighted by Gasteiger charge is -2.09. The zero-order valence-corrected chi connectivity index (χ0v) is 11.5. The van der Waals surface area contributed by atoms with Crippen LogP contribution < -0.4 is 5.32 Å². The van der Waals surface area contributed by atoms with Crippen LogP contribution in [0.15, 0.2) is 18.2 Å². The van der Waals surface area contributed by atoms with E-state index in [1.54, 1.807) is 19.1 Å². The fourth-order valence-electron chi connectivity index (χ4n) is 2.18. The second-order valence-electron chi connectivity index (χ2n) is 4.99. The average Bonchev–Trinajstić information content (AvgIpc) is 2.63. The van der Waals surface area contributed by atoms with Crippen LogP contribution in [-0.2, 0) is 14.6 Å². The minimum Gasteiger partial charge on any atom is -0.326 e. The van der Waals surface area contributed by atoms with Crippen molar-refractivity contribution in [1.82, 2.24) is 0 Å². The molecule has 1 aromatic carbocycles. The van der Waals surface area contributed by atoms with Gasteiger partial charge in [0.25, 0.3) is 0 Å². The summed E-state index contributed by atoms with van der Waals surface area (Å²) in [6.07, 6.45) is 0.687. The standard InChI is InChI=1S/C13H16FNO3S/c1-9-2-3-11(7-12(9)14)15-13(16)6-10-4-5-19(17,18)8-10/h2-3,7,10H,4-6,8H2,1H3,(H,15,16)/t10-/m1/s1. The van der Waals surface area contributed by atoms with Gasteiger partial charge in [-0.25, -0.2) is 12.8 Å². The summed E-state index contributed by atoms with van der Waals surface area (Å²) in [7, 11) is -2.97. The number of hydrogen-bond acceptors (Lipinski definition) is 3. The van der Waals surface area contributed by atoms with Crippen molar-refractivity contribution in [3.8, 4) is 0 Å². The van der Waals surface area contributed by atoms with Crippen LogP contribution in [-0.4, -0.2) is 25.8 Å². The third-order valence-corrected chi connectivity index (χ3v) is 5.09. The number of rotatable bonds is 3. The van der Waals surface area contributed by atoms with Crippen molar-refractivity contribution < 1.29 is 17.6 Å². The maximum Gasteiger partial charge on any atom is 0.224 e. The number of carbonyl (C=O) groups is 1. The van der Waals surface area contributed by atoms with E-state index >= 15 is 0 Å². The van der Waals surface area contributed by atoms with Crippen molar-refractivity contribution >= 4 is 21.4 Å². The normalized spacial score (nSPS) is 21.3. The van der Waals surface area contributed by atoms with E-state index in [0.717, 1.165) is 0 Å². The predicted octanol–water partition coefficient (Wildman–Crippen LogP) is 1.90. The Kier molecular flexibility index (Phi) is 3.89. The molecule has 1 fully saturated rings. The lowest BCUT2D eigenvalue weighted by Crippen LogP contribution is -2.17. The van der Waals surface area contributed by atoms with Crippen LogP contribution in [0.3, 0.4) is 0 Å². The molecule has 0 bridgehead atoms. The third-order valence-electron chi connectivity index (χ3n) is 3.26. The molecule has 1 heterocycles. The molecule has 1 aromatic rings. The summed E-state index contributed by atoms with van der Waals surface area (Å²) in [6, 6.07) is 4.48. The van der Waals surface area contributed by atoms with Crippen LogP contribution in [0.5, 0.6) is 0 Å². The number of benzene rings is 1. The topological polar surface area (TPSA) is 63.2 Å².